The van der Waals surface area contributed by atoms with Gasteiger partial charge in [-0.05, 0) is 19.8 Å². The summed E-state index contributed by atoms with van der Waals surface area (Å²) in [4.78, 5) is 0. The monoisotopic (exact) mass is 120 g/mol. The van der Waals surface area contributed by atoms with E-state index in [9.17, 15) is 0 Å². The van der Waals surface area contributed by atoms with E-state index in [4.69, 9.17) is 0 Å². The highest BCUT2D eigenvalue weighted by molar-refractivity contribution is 5.16. The topological polar surface area (TPSA) is 0 Å². The fourth-order valence-corrected chi connectivity index (χ4v) is 0.823. The van der Waals surface area contributed by atoms with Crippen LogP contribution in [0.5, 0.6) is 0 Å². The highest BCUT2D eigenvalue weighted by atomic mass is 13.9. The molecule has 0 aromatic heterocycles. The summed E-state index contributed by atoms with van der Waals surface area (Å²) < 4.78 is 0. The molecule has 0 fully saturated rings. The molecule has 0 aliphatic heterocycles. The molecule has 0 amide bonds. The minimum Gasteiger partial charge on any atom is -0.0844 e. The Bertz CT molecular complexity index is 159. The first kappa shape index (κ1) is 6.34. The molecule has 9 heavy (non-hydrogen) atoms. The predicted molar refractivity (Wildman–Crippen MR) is 41.3 cm³/mol. The Balaban J connectivity index is 2.63. The second-order valence-corrected chi connectivity index (χ2v) is 2.35. The van der Waals surface area contributed by atoms with Gasteiger partial charge in [-0.15, -0.1) is 0 Å². The van der Waals surface area contributed by atoms with E-state index in [1.807, 2.05) is 0 Å². The zero-order chi connectivity index (χ0) is 6.53. The van der Waals surface area contributed by atoms with Gasteiger partial charge in [0.25, 0.3) is 0 Å². The highest BCUT2D eigenvalue weighted by Crippen LogP contribution is 2.04. The van der Waals surface area contributed by atoms with Crippen LogP contribution in [0.25, 0.3) is 0 Å². The SMILES string of the molecule is C/C1=C/C=C\C/C=C\C1. The van der Waals surface area contributed by atoms with Crippen molar-refractivity contribution in [1.82, 2.24) is 0 Å². The van der Waals surface area contributed by atoms with Gasteiger partial charge in [-0.1, -0.05) is 36.0 Å². The van der Waals surface area contributed by atoms with E-state index in [1.165, 1.54) is 5.57 Å². The van der Waals surface area contributed by atoms with Crippen molar-refractivity contribution in [2.24, 2.45) is 0 Å². The molecule has 1 aliphatic carbocycles. The van der Waals surface area contributed by atoms with Crippen LogP contribution in [0.1, 0.15) is 19.8 Å². The van der Waals surface area contributed by atoms with Crippen molar-refractivity contribution >= 4 is 0 Å². The number of rotatable bonds is 0. The van der Waals surface area contributed by atoms with Crippen molar-refractivity contribution in [3.8, 4) is 0 Å². The van der Waals surface area contributed by atoms with Gasteiger partial charge in [0.05, 0.1) is 0 Å². The molecule has 0 N–H and O–H groups in total. The standard InChI is InChI=1S/C9H12/c1-9-7-5-3-2-4-6-8-9/h3-7H,2,8H2,1H3/b5-3-,6-4-,9-7-. The lowest BCUT2D eigenvalue weighted by atomic mass is 10.1. The molecule has 0 nitrogen and oxygen atoms in total. The summed E-state index contributed by atoms with van der Waals surface area (Å²) in [5.41, 5.74) is 1.43. The molecule has 0 radical (unpaired) electrons. The van der Waals surface area contributed by atoms with Crippen LogP contribution >= 0.6 is 0 Å². The minimum atomic E-state index is 1.09. The van der Waals surface area contributed by atoms with Crippen LogP contribution in [0.15, 0.2) is 36.0 Å². The molecule has 0 spiro atoms. The van der Waals surface area contributed by atoms with E-state index >= 15 is 0 Å². The summed E-state index contributed by atoms with van der Waals surface area (Å²) in [5.74, 6) is 0. The summed E-state index contributed by atoms with van der Waals surface area (Å²) in [5, 5.41) is 0. The zero-order valence-corrected chi connectivity index (χ0v) is 5.80. The molecule has 1 rings (SSSR count). The number of hydrogen-bond acceptors (Lipinski definition) is 0. The summed E-state index contributed by atoms with van der Waals surface area (Å²) in [6, 6.07) is 0. The minimum absolute atomic E-state index is 1.09. The maximum absolute atomic E-state index is 2.22. The molecule has 0 heteroatoms. The Morgan fingerprint density at radius 3 is 3.00 bits per heavy atom. The van der Waals surface area contributed by atoms with Gasteiger partial charge >= 0.3 is 0 Å². The Labute approximate surface area is 56.6 Å². The third-order valence-corrected chi connectivity index (χ3v) is 1.40. The first-order valence-corrected chi connectivity index (χ1v) is 3.37. The van der Waals surface area contributed by atoms with E-state index in [-0.39, 0.29) is 0 Å². The Morgan fingerprint density at radius 1 is 1.22 bits per heavy atom. The molecule has 1 aliphatic rings. The largest absolute Gasteiger partial charge is 0.0844 e. The van der Waals surface area contributed by atoms with Crippen molar-refractivity contribution in [1.29, 1.82) is 0 Å². The van der Waals surface area contributed by atoms with Gasteiger partial charge in [0.15, 0.2) is 0 Å². The smallest absolute Gasteiger partial charge is 0.0138 e. The second-order valence-electron chi connectivity index (χ2n) is 2.35. The first-order valence-electron chi connectivity index (χ1n) is 3.37. The van der Waals surface area contributed by atoms with Crippen LogP contribution in [0, 0.1) is 0 Å². The molecule has 0 aromatic rings. The molecule has 0 heterocycles. The molecular weight excluding hydrogens is 108 g/mol. The van der Waals surface area contributed by atoms with E-state index < -0.39 is 0 Å². The highest BCUT2D eigenvalue weighted by Gasteiger charge is 1.84. The Kier molecular flexibility index (Phi) is 2.32. The number of allylic oxidation sites excluding steroid dienone is 6. The average Bonchev–Trinajstić information content (AvgIpc) is 1.79. The van der Waals surface area contributed by atoms with Crippen LogP contribution in [0.3, 0.4) is 0 Å². The van der Waals surface area contributed by atoms with Gasteiger partial charge in [-0.25, -0.2) is 0 Å². The van der Waals surface area contributed by atoms with Crippen LogP contribution in [-0.2, 0) is 0 Å². The molecule has 0 aromatic carbocycles. The lowest BCUT2D eigenvalue weighted by Gasteiger charge is -1.94. The van der Waals surface area contributed by atoms with Crippen LogP contribution in [0.2, 0.25) is 0 Å². The van der Waals surface area contributed by atoms with Crippen molar-refractivity contribution in [2.75, 3.05) is 0 Å². The quantitative estimate of drug-likeness (QED) is 0.431. The van der Waals surface area contributed by atoms with E-state index in [0.717, 1.165) is 12.8 Å². The summed E-state index contributed by atoms with van der Waals surface area (Å²) in [6.07, 6.45) is 13.1. The van der Waals surface area contributed by atoms with E-state index in [1.54, 1.807) is 0 Å². The summed E-state index contributed by atoms with van der Waals surface area (Å²) >= 11 is 0. The fourth-order valence-electron chi connectivity index (χ4n) is 0.823. The molecule has 0 saturated carbocycles. The van der Waals surface area contributed by atoms with Crippen molar-refractivity contribution in [3.63, 3.8) is 0 Å². The molecule has 48 valence electrons. The van der Waals surface area contributed by atoms with Gasteiger partial charge in [0.1, 0.15) is 0 Å². The van der Waals surface area contributed by atoms with E-state index in [0.29, 0.717) is 0 Å². The molecule has 0 saturated heterocycles. The van der Waals surface area contributed by atoms with Gasteiger partial charge in [-0.3, -0.25) is 0 Å². The maximum Gasteiger partial charge on any atom is -0.0138 e. The van der Waals surface area contributed by atoms with Gasteiger partial charge in [0, 0.05) is 0 Å². The van der Waals surface area contributed by atoms with Gasteiger partial charge < -0.3 is 0 Å². The Morgan fingerprint density at radius 2 is 2.11 bits per heavy atom. The molecular formula is C9H12. The summed E-state index contributed by atoms with van der Waals surface area (Å²) in [7, 11) is 0. The maximum atomic E-state index is 2.22. The Hall–Kier alpha value is -0.780. The van der Waals surface area contributed by atoms with Crippen LogP contribution in [-0.4, -0.2) is 0 Å². The second kappa shape index (κ2) is 3.29. The molecule has 0 atom stereocenters. The predicted octanol–water partition coefficient (Wildman–Crippen LogP) is 2.84. The zero-order valence-electron chi connectivity index (χ0n) is 5.80. The average molecular weight is 120 g/mol. The third kappa shape index (κ3) is 2.31. The lowest BCUT2D eigenvalue weighted by Crippen LogP contribution is -1.73. The first-order chi connectivity index (χ1) is 4.39. The fraction of sp³-hybridized carbons (Fsp3) is 0.333. The lowest BCUT2D eigenvalue weighted by molar-refractivity contribution is 1.18. The van der Waals surface area contributed by atoms with Gasteiger partial charge in [0.2, 0.25) is 0 Å². The van der Waals surface area contributed by atoms with E-state index in [2.05, 4.69) is 37.3 Å². The van der Waals surface area contributed by atoms with Crippen LogP contribution < -0.4 is 0 Å². The normalized spacial score (nSPS) is 31.4. The molecule has 0 bridgehead atoms. The third-order valence-electron chi connectivity index (χ3n) is 1.40. The van der Waals surface area contributed by atoms with Gasteiger partial charge in [-0.2, -0.15) is 0 Å². The number of hydrogen-bond donors (Lipinski definition) is 0. The van der Waals surface area contributed by atoms with Crippen molar-refractivity contribution < 1.29 is 0 Å². The van der Waals surface area contributed by atoms with Crippen molar-refractivity contribution in [3.05, 3.63) is 36.0 Å². The summed E-state index contributed by atoms with van der Waals surface area (Å²) in [6.45, 7) is 2.15. The molecule has 0 unspecified atom stereocenters. The van der Waals surface area contributed by atoms with Crippen LogP contribution in [0.4, 0.5) is 0 Å². The van der Waals surface area contributed by atoms with Crippen molar-refractivity contribution in [2.45, 2.75) is 19.8 Å².